The Kier molecular flexibility index (Phi) is 2.74. The van der Waals surface area contributed by atoms with Gasteiger partial charge in [0.2, 0.25) is 0 Å². The Morgan fingerprint density at radius 3 is 2.93 bits per heavy atom. The number of nitrogens with zero attached hydrogens (tertiary/aromatic N) is 2. The average Bonchev–Trinajstić information content (AvgIpc) is 2.48. The van der Waals surface area contributed by atoms with Crippen molar-refractivity contribution in [1.82, 2.24) is 4.98 Å². The zero-order valence-corrected chi connectivity index (χ0v) is 9.74. The van der Waals surface area contributed by atoms with Gasteiger partial charge in [-0.3, -0.25) is 4.98 Å². The Labute approximate surface area is 92.4 Å². The molecule has 0 aromatic carbocycles. The molecule has 2 rings (SSSR count). The van der Waals surface area contributed by atoms with Crippen molar-refractivity contribution in [2.24, 2.45) is 5.73 Å². The molecule has 14 heavy (non-hydrogen) atoms. The number of hydrogen-bond donors (Lipinski definition) is 1. The largest absolute Gasteiger partial charge is 0.366 e. The minimum Gasteiger partial charge on any atom is -0.366 e. The molecule has 3 nitrogen and oxygen atoms in total. The number of anilines is 1. The van der Waals surface area contributed by atoms with E-state index in [1.165, 1.54) is 0 Å². The smallest absolute Gasteiger partial charge is 0.0567 e. The highest BCUT2D eigenvalue weighted by Gasteiger charge is 2.27. The van der Waals surface area contributed by atoms with Crippen LogP contribution in [0.5, 0.6) is 0 Å². The van der Waals surface area contributed by atoms with Gasteiger partial charge < -0.3 is 10.6 Å². The molecule has 1 aromatic rings. The van der Waals surface area contributed by atoms with Crippen molar-refractivity contribution in [1.29, 1.82) is 0 Å². The van der Waals surface area contributed by atoms with E-state index in [9.17, 15) is 0 Å². The van der Waals surface area contributed by atoms with Crippen molar-refractivity contribution in [3.63, 3.8) is 0 Å². The maximum atomic E-state index is 5.97. The standard InChI is InChI=1S/C10H14BrN3/c1-7-10(12)2-3-14(7)9-4-8(11)5-13-6-9/h4-7,10H,2-3,12H2,1H3. The van der Waals surface area contributed by atoms with Gasteiger partial charge in [-0.05, 0) is 35.3 Å². The van der Waals surface area contributed by atoms with Crippen molar-refractivity contribution in [2.75, 3.05) is 11.4 Å². The second-order valence-electron chi connectivity index (χ2n) is 3.75. The lowest BCUT2D eigenvalue weighted by Gasteiger charge is -2.25. The van der Waals surface area contributed by atoms with Crippen LogP contribution in [-0.4, -0.2) is 23.6 Å². The van der Waals surface area contributed by atoms with Crippen LogP contribution in [0.2, 0.25) is 0 Å². The number of halogens is 1. The monoisotopic (exact) mass is 255 g/mol. The van der Waals surface area contributed by atoms with Gasteiger partial charge in [-0.1, -0.05) is 0 Å². The first-order chi connectivity index (χ1) is 6.68. The molecule has 0 aliphatic carbocycles. The molecule has 1 aliphatic heterocycles. The van der Waals surface area contributed by atoms with Gasteiger partial charge in [-0.25, -0.2) is 0 Å². The van der Waals surface area contributed by atoms with E-state index < -0.39 is 0 Å². The van der Waals surface area contributed by atoms with Crippen LogP contribution in [0.4, 0.5) is 5.69 Å². The van der Waals surface area contributed by atoms with Crippen LogP contribution in [0.25, 0.3) is 0 Å². The SMILES string of the molecule is CC1C(N)CCN1c1cncc(Br)c1. The highest BCUT2D eigenvalue weighted by Crippen LogP contribution is 2.25. The number of rotatable bonds is 1. The van der Waals surface area contributed by atoms with E-state index in [-0.39, 0.29) is 6.04 Å². The highest BCUT2D eigenvalue weighted by atomic mass is 79.9. The van der Waals surface area contributed by atoms with Crippen molar-refractivity contribution in [3.8, 4) is 0 Å². The average molecular weight is 256 g/mol. The topological polar surface area (TPSA) is 42.1 Å². The van der Waals surface area contributed by atoms with Gasteiger partial charge in [0.1, 0.15) is 0 Å². The summed E-state index contributed by atoms with van der Waals surface area (Å²) in [5.41, 5.74) is 7.12. The molecule has 0 radical (unpaired) electrons. The fraction of sp³-hybridized carbons (Fsp3) is 0.500. The Bertz CT molecular complexity index is 329. The molecule has 0 bridgehead atoms. The molecule has 0 amide bonds. The normalized spacial score (nSPS) is 26.9. The summed E-state index contributed by atoms with van der Waals surface area (Å²) in [6.07, 6.45) is 4.75. The summed E-state index contributed by atoms with van der Waals surface area (Å²) in [6, 6.07) is 2.78. The molecule has 2 unspecified atom stereocenters. The van der Waals surface area contributed by atoms with E-state index in [2.05, 4.69) is 38.8 Å². The molecule has 1 fully saturated rings. The van der Waals surface area contributed by atoms with Crippen LogP contribution in [-0.2, 0) is 0 Å². The van der Waals surface area contributed by atoms with E-state index in [0.29, 0.717) is 6.04 Å². The molecule has 0 spiro atoms. The molecule has 2 N–H and O–H groups in total. The Balaban J connectivity index is 2.23. The third kappa shape index (κ3) is 1.77. The van der Waals surface area contributed by atoms with Gasteiger partial charge in [-0.15, -0.1) is 0 Å². The van der Waals surface area contributed by atoms with E-state index in [1.807, 2.05) is 6.20 Å². The molecule has 2 heterocycles. The zero-order valence-electron chi connectivity index (χ0n) is 8.15. The fourth-order valence-corrected chi connectivity index (χ4v) is 2.24. The number of hydrogen-bond acceptors (Lipinski definition) is 3. The van der Waals surface area contributed by atoms with Gasteiger partial charge in [0.15, 0.2) is 0 Å². The molecule has 4 heteroatoms. The zero-order chi connectivity index (χ0) is 10.1. The van der Waals surface area contributed by atoms with Crippen LogP contribution >= 0.6 is 15.9 Å². The molecule has 0 saturated carbocycles. The molecule has 1 aromatic heterocycles. The maximum absolute atomic E-state index is 5.97. The highest BCUT2D eigenvalue weighted by molar-refractivity contribution is 9.10. The van der Waals surface area contributed by atoms with Crippen molar-refractivity contribution >= 4 is 21.6 Å². The quantitative estimate of drug-likeness (QED) is 0.832. The first-order valence-corrected chi connectivity index (χ1v) is 5.60. The molecular formula is C10H14BrN3. The number of aromatic nitrogens is 1. The Morgan fingerprint density at radius 1 is 1.57 bits per heavy atom. The summed E-state index contributed by atoms with van der Waals surface area (Å²) in [5, 5.41) is 0. The summed E-state index contributed by atoms with van der Waals surface area (Å²) >= 11 is 3.42. The minimum absolute atomic E-state index is 0.286. The molecule has 1 aliphatic rings. The second kappa shape index (κ2) is 3.87. The van der Waals surface area contributed by atoms with E-state index in [4.69, 9.17) is 5.73 Å². The van der Waals surface area contributed by atoms with Crippen LogP contribution in [0.1, 0.15) is 13.3 Å². The first kappa shape index (κ1) is 9.93. The van der Waals surface area contributed by atoms with E-state index in [1.54, 1.807) is 6.20 Å². The van der Waals surface area contributed by atoms with Crippen molar-refractivity contribution in [3.05, 3.63) is 22.9 Å². The summed E-state index contributed by atoms with van der Waals surface area (Å²) in [6.45, 7) is 3.19. The van der Waals surface area contributed by atoms with Crippen molar-refractivity contribution in [2.45, 2.75) is 25.4 Å². The molecule has 1 saturated heterocycles. The number of nitrogens with two attached hydrogens (primary N) is 1. The second-order valence-corrected chi connectivity index (χ2v) is 4.66. The van der Waals surface area contributed by atoms with Gasteiger partial charge in [0, 0.05) is 29.3 Å². The van der Waals surface area contributed by atoms with Gasteiger partial charge in [-0.2, -0.15) is 0 Å². The van der Waals surface area contributed by atoms with Crippen LogP contribution in [0.3, 0.4) is 0 Å². The lowest BCUT2D eigenvalue weighted by Crippen LogP contribution is -2.36. The Morgan fingerprint density at radius 2 is 2.36 bits per heavy atom. The van der Waals surface area contributed by atoms with E-state index in [0.717, 1.165) is 23.1 Å². The predicted octanol–water partition coefficient (Wildman–Crippen LogP) is 1.77. The summed E-state index contributed by atoms with van der Waals surface area (Å²) in [7, 11) is 0. The van der Waals surface area contributed by atoms with Gasteiger partial charge in [0.05, 0.1) is 11.9 Å². The lowest BCUT2D eigenvalue weighted by molar-refractivity contribution is 0.624. The van der Waals surface area contributed by atoms with Crippen LogP contribution < -0.4 is 10.6 Å². The third-order valence-corrected chi connectivity index (χ3v) is 3.27. The molecule has 76 valence electrons. The summed E-state index contributed by atoms with van der Waals surface area (Å²) < 4.78 is 1.02. The van der Waals surface area contributed by atoms with Crippen molar-refractivity contribution < 1.29 is 0 Å². The summed E-state index contributed by atoms with van der Waals surface area (Å²) in [5.74, 6) is 0. The molecular weight excluding hydrogens is 242 g/mol. The molecule has 2 atom stereocenters. The van der Waals surface area contributed by atoms with E-state index >= 15 is 0 Å². The van der Waals surface area contributed by atoms with Gasteiger partial charge >= 0.3 is 0 Å². The predicted molar refractivity (Wildman–Crippen MR) is 61.3 cm³/mol. The fourth-order valence-electron chi connectivity index (χ4n) is 1.89. The third-order valence-electron chi connectivity index (χ3n) is 2.84. The van der Waals surface area contributed by atoms with Gasteiger partial charge in [0.25, 0.3) is 0 Å². The number of pyridine rings is 1. The van der Waals surface area contributed by atoms with Crippen LogP contribution in [0, 0.1) is 0 Å². The lowest BCUT2D eigenvalue weighted by atomic mass is 10.1. The first-order valence-electron chi connectivity index (χ1n) is 4.81. The maximum Gasteiger partial charge on any atom is 0.0567 e. The van der Waals surface area contributed by atoms with Crippen LogP contribution in [0.15, 0.2) is 22.9 Å². The minimum atomic E-state index is 0.286. The Hall–Kier alpha value is -0.610. The summed E-state index contributed by atoms with van der Waals surface area (Å²) in [4.78, 5) is 6.47.